The quantitative estimate of drug-likeness (QED) is 0.564. The van der Waals surface area contributed by atoms with E-state index in [-0.39, 0.29) is 11.6 Å². The van der Waals surface area contributed by atoms with Crippen molar-refractivity contribution in [3.8, 4) is 0 Å². The molecule has 0 aliphatic rings. The second kappa shape index (κ2) is 8.39. The lowest BCUT2D eigenvalue weighted by Gasteiger charge is -2.08. The van der Waals surface area contributed by atoms with Crippen molar-refractivity contribution in [2.75, 3.05) is 20.6 Å². The summed E-state index contributed by atoms with van der Waals surface area (Å²) in [6.07, 6.45) is 5.34. The van der Waals surface area contributed by atoms with Crippen LogP contribution in [0.3, 0.4) is 0 Å². The summed E-state index contributed by atoms with van der Waals surface area (Å²) < 4.78 is 12.8. The Morgan fingerprint density at radius 2 is 1.70 bits per heavy atom. The molecule has 0 unspecified atom stereocenters. The normalized spacial score (nSPS) is 11.3. The lowest BCUT2D eigenvalue weighted by atomic mass is 10.0. The molecular formula is C20H22FNO. The van der Waals surface area contributed by atoms with Gasteiger partial charge in [0.05, 0.1) is 0 Å². The van der Waals surface area contributed by atoms with Crippen LogP contribution in [0, 0.1) is 5.82 Å². The molecule has 0 heterocycles. The molecule has 120 valence electrons. The maximum absolute atomic E-state index is 12.8. The molecule has 0 radical (unpaired) electrons. The number of ketones is 1. The Morgan fingerprint density at radius 1 is 1.04 bits per heavy atom. The first-order valence-corrected chi connectivity index (χ1v) is 7.76. The van der Waals surface area contributed by atoms with E-state index in [1.165, 1.54) is 23.8 Å². The maximum Gasteiger partial charge on any atom is 0.185 e. The maximum atomic E-state index is 12.8. The van der Waals surface area contributed by atoms with Gasteiger partial charge < -0.3 is 4.90 Å². The topological polar surface area (TPSA) is 20.3 Å². The number of carbonyl (C=O) groups is 1. The highest BCUT2D eigenvalue weighted by Crippen LogP contribution is 2.10. The van der Waals surface area contributed by atoms with Gasteiger partial charge in [0.25, 0.3) is 0 Å². The first kappa shape index (κ1) is 17.1. The van der Waals surface area contributed by atoms with Gasteiger partial charge in [0.1, 0.15) is 5.82 Å². The van der Waals surface area contributed by atoms with E-state index in [1.807, 2.05) is 24.3 Å². The van der Waals surface area contributed by atoms with Gasteiger partial charge in [-0.3, -0.25) is 4.79 Å². The average molecular weight is 311 g/mol. The number of benzene rings is 2. The molecule has 0 bridgehead atoms. The van der Waals surface area contributed by atoms with Gasteiger partial charge in [-0.2, -0.15) is 0 Å². The summed E-state index contributed by atoms with van der Waals surface area (Å²) in [5, 5.41) is 0. The number of halogens is 1. The molecule has 23 heavy (non-hydrogen) atoms. The van der Waals surface area contributed by atoms with Crippen LogP contribution in [0.2, 0.25) is 0 Å². The zero-order valence-corrected chi connectivity index (χ0v) is 13.6. The summed E-state index contributed by atoms with van der Waals surface area (Å²) >= 11 is 0. The lowest BCUT2D eigenvalue weighted by molar-refractivity contribution is 0.104. The SMILES string of the molecule is CN(C)CCCc1ccc(C(=O)C=Cc2ccc(F)cc2)cc1. The highest BCUT2D eigenvalue weighted by molar-refractivity contribution is 6.06. The summed E-state index contributed by atoms with van der Waals surface area (Å²) in [6, 6.07) is 13.8. The molecule has 0 atom stereocenters. The Labute approximate surface area is 137 Å². The fourth-order valence-electron chi connectivity index (χ4n) is 2.28. The van der Waals surface area contributed by atoms with Crippen molar-refractivity contribution < 1.29 is 9.18 Å². The van der Waals surface area contributed by atoms with Crippen LogP contribution in [-0.2, 0) is 6.42 Å². The van der Waals surface area contributed by atoms with Crippen LogP contribution in [0.15, 0.2) is 54.6 Å². The largest absolute Gasteiger partial charge is 0.309 e. The van der Waals surface area contributed by atoms with Crippen LogP contribution < -0.4 is 0 Å². The van der Waals surface area contributed by atoms with E-state index in [0.29, 0.717) is 5.56 Å². The molecular weight excluding hydrogens is 289 g/mol. The van der Waals surface area contributed by atoms with Gasteiger partial charge in [0, 0.05) is 5.56 Å². The molecule has 2 nitrogen and oxygen atoms in total. The van der Waals surface area contributed by atoms with Crippen LogP contribution in [-0.4, -0.2) is 31.3 Å². The molecule has 0 fully saturated rings. The number of hydrogen-bond donors (Lipinski definition) is 0. The number of allylic oxidation sites excluding steroid dienone is 1. The number of rotatable bonds is 7. The molecule has 2 aromatic rings. The minimum Gasteiger partial charge on any atom is -0.309 e. The van der Waals surface area contributed by atoms with Crippen molar-refractivity contribution in [3.05, 3.63) is 77.1 Å². The Balaban J connectivity index is 1.93. The van der Waals surface area contributed by atoms with Gasteiger partial charge in [0.15, 0.2) is 5.78 Å². The van der Waals surface area contributed by atoms with Crippen molar-refractivity contribution in [1.29, 1.82) is 0 Å². The summed E-state index contributed by atoms with van der Waals surface area (Å²) in [4.78, 5) is 14.3. The molecule has 3 heteroatoms. The van der Waals surface area contributed by atoms with Gasteiger partial charge in [-0.25, -0.2) is 4.39 Å². The monoisotopic (exact) mass is 311 g/mol. The van der Waals surface area contributed by atoms with E-state index >= 15 is 0 Å². The molecule has 0 aromatic heterocycles. The van der Waals surface area contributed by atoms with Crippen LogP contribution in [0.5, 0.6) is 0 Å². The van der Waals surface area contributed by atoms with Crippen molar-refractivity contribution in [3.63, 3.8) is 0 Å². The molecule has 0 N–H and O–H groups in total. The number of aryl methyl sites for hydroxylation is 1. The van der Waals surface area contributed by atoms with E-state index < -0.39 is 0 Å². The fourth-order valence-corrected chi connectivity index (χ4v) is 2.28. The summed E-state index contributed by atoms with van der Waals surface area (Å²) in [5.74, 6) is -0.326. The van der Waals surface area contributed by atoms with Crippen LogP contribution in [0.4, 0.5) is 4.39 Å². The minimum absolute atomic E-state index is 0.0471. The van der Waals surface area contributed by atoms with E-state index in [0.717, 1.165) is 24.9 Å². The third-order valence-corrected chi connectivity index (χ3v) is 3.61. The van der Waals surface area contributed by atoms with Gasteiger partial charge in [-0.05, 0) is 62.8 Å². The van der Waals surface area contributed by atoms with Gasteiger partial charge in [-0.15, -0.1) is 0 Å². The van der Waals surface area contributed by atoms with Crippen LogP contribution in [0.25, 0.3) is 6.08 Å². The van der Waals surface area contributed by atoms with E-state index in [4.69, 9.17) is 0 Å². The van der Waals surface area contributed by atoms with E-state index in [9.17, 15) is 9.18 Å². The number of hydrogen-bond acceptors (Lipinski definition) is 2. The standard InChI is InChI=1S/C20H22FNO/c1-22(2)15-3-4-16-5-10-18(11-6-16)20(23)14-9-17-7-12-19(21)13-8-17/h5-14H,3-4,15H2,1-2H3. The van der Waals surface area contributed by atoms with Crippen molar-refractivity contribution in [2.24, 2.45) is 0 Å². The Hall–Kier alpha value is -2.26. The second-order valence-corrected chi connectivity index (χ2v) is 5.85. The first-order chi connectivity index (χ1) is 11.0. The molecule has 0 amide bonds. The fraction of sp³-hybridized carbons (Fsp3) is 0.250. The van der Waals surface area contributed by atoms with Crippen molar-refractivity contribution in [1.82, 2.24) is 4.90 Å². The first-order valence-electron chi connectivity index (χ1n) is 7.76. The predicted molar refractivity (Wildman–Crippen MR) is 93.1 cm³/mol. The van der Waals surface area contributed by atoms with Gasteiger partial charge in [-0.1, -0.05) is 42.5 Å². The second-order valence-electron chi connectivity index (χ2n) is 5.85. The third kappa shape index (κ3) is 5.80. The van der Waals surface area contributed by atoms with Crippen molar-refractivity contribution >= 4 is 11.9 Å². The van der Waals surface area contributed by atoms with E-state index in [1.54, 1.807) is 18.2 Å². The highest BCUT2D eigenvalue weighted by Gasteiger charge is 2.02. The van der Waals surface area contributed by atoms with Crippen molar-refractivity contribution in [2.45, 2.75) is 12.8 Å². The Bertz CT molecular complexity index is 657. The van der Waals surface area contributed by atoms with E-state index in [2.05, 4.69) is 19.0 Å². The third-order valence-electron chi connectivity index (χ3n) is 3.61. The van der Waals surface area contributed by atoms with Crippen LogP contribution >= 0.6 is 0 Å². The highest BCUT2D eigenvalue weighted by atomic mass is 19.1. The number of carbonyl (C=O) groups excluding carboxylic acids is 1. The summed E-state index contributed by atoms with van der Waals surface area (Å²) in [7, 11) is 4.13. The minimum atomic E-state index is -0.279. The summed E-state index contributed by atoms with van der Waals surface area (Å²) in [6.45, 7) is 1.06. The summed E-state index contributed by atoms with van der Waals surface area (Å²) in [5.41, 5.74) is 2.71. The van der Waals surface area contributed by atoms with Gasteiger partial charge in [0.2, 0.25) is 0 Å². The molecule has 0 saturated carbocycles. The smallest absolute Gasteiger partial charge is 0.185 e. The molecule has 0 aliphatic carbocycles. The van der Waals surface area contributed by atoms with Gasteiger partial charge >= 0.3 is 0 Å². The zero-order valence-electron chi connectivity index (χ0n) is 13.6. The Kier molecular flexibility index (Phi) is 6.24. The molecule has 0 spiro atoms. The molecule has 0 aliphatic heterocycles. The predicted octanol–water partition coefficient (Wildman–Crippen LogP) is 4.22. The molecule has 2 aromatic carbocycles. The lowest BCUT2D eigenvalue weighted by Crippen LogP contribution is -2.13. The average Bonchev–Trinajstić information content (AvgIpc) is 2.54. The number of nitrogens with zero attached hydrogens (tertiary/aromatic N) is 1. The van der Waals surface area contributed by atoms with Crippen LogP contribution in [0.1, 0.15) is 27.9 Å². The zero-order chi connectivity index (χ0) is 16.7. The Morgan fingerprint density at radius 3 is 2.30 bits per heavy atom. The molecule has 2 rings (SSSR count). The molecule has 0 saturated heterocycles.